The van der Waals surface area contributed by atoms with Crippen LogP contribution in [0, 0.1) is 0 Å². The molecule has 16 heavy (non-hydrogen) atoms. The Bertz CT molecular complexity index is 533. The molecule has 2 heterocycles. The van der Waals surface area contributed by atoms with Gasteiger partial charge in [0.05, 0.1) is 0 Å². The van der Waals surface area contributed by atoms with Crippen molar-refractivity contribution >= 4 is 11.9 Å². The number of aryl methyl sites for hydroxylation is 1. The van der Waals surface area contributed by atoms with Crippen molar-refractivity contribution in [2.45, 2.75) is 18.9 Å². The van der Waals surface area contributed by atoms with Gasteiger partial charge in [-0.05, 0) is 6.42 Å². The Morgan fingerprint density at radius 2 is 2.12 bits per heavy atom. The number of carboxylic acids is 2. The fourth-order valence-electron chi connectivity index (χ4n) is 1.79. The van der Waals surface area contributed by atoms with Crippen molar-refractivity contribution in [3.8, 4) is 0 Å². The number of carboxylic acid groups (broad SMARTS) is 2. The normalized spacial score (nSPS) is 18.1. The van der Waals surface area contributed by atoms with E-state index in [0.717, 1.165) is 10.8 Å². The first-order valence-corrected chi connectivity index (χ1v) is 4.59. The number of aliphatic carboxylic acids is 1. The van der Waals surface area contributed by atoms with Gasteiger partial charge in [0.15, 0.2) is 0 Å². The van der Waals surface area contributed by atoms with Crippen LogP contribution in [0.15, 0.2) is 11.0 Å². The molecule has 7 nitrogen and oxygen atoms in total. The summed E-state index contributed by atoms with van der Waals surface area (Å²) in [5.74, 6) is -2.23. The number of rotatable bonds is 2. The van der Waals surface area contributed by atoms with E-state index in [9.17, 15) is 14.4 Å². The Labute approximate surface area is 89.0 Å². The summed E-state index contributed by atoms with van der Waals surface area (Å²) in [5.41, 5.74) is -1.31. The van der Waals surface area contributed by atoms with Crippen molar-refractivity contribution in [1.82, 2.24) is 9.55 Å². The van der Waals surface area contributed by atoms with E-state index in [1.807, 2.05) is 0 Å². The second-order valence-electron chi connectivity index (χ2n) is 3.46. The molecule has 0 aliphatic carbocycles. The van der Waals surface area contributed by atoms with Gasteiger partial charge in [0.1, 0.15) is 17.4 Å². The molecule has 84 valence electrons. The summed E-state index contributed by atoms with van der Waals surface area (Å²) in [6.07, 6.45) is 1.60. The van der Waals surface area contributed by atoms with Crippen LogP contribution in [0.5, 0.6) is 0 Å². The zero-order valence-electron chi connectivity index (χ0n) is 8.08. The SMILES string of the molecule is O=C(O)c1cnc2n(c1=O)C(C(=O)O)CC2. The summed E-state index contributed by atoms with van der Waals surface area (Å²) in [6.45, 7) is 0. The van der Waals surface area contributed by atoms with Crippen molar-refractivity contribution in [3.63, 3.8) is 0 Å². The van der Waals surface area contributed by atoms with Crippen LogP contribution in [0.1, 0.15) is 28.6 Å². The second-order valence-corrected chi connectivity index (χ2v) is 3.46. The zero-order valence-corrected chi connectivity index (χ0v) is 8.08. The van der Waals surface area contributed by atoms with Crippen molar-refractivity contribution in [2.75, 3.05) is 0 Å². The minimum Gasteiger partial charge on any atom is -0.480 e. The summed E-state index contributed by atoms with van der Waals surface area (Å²) in [5, 5.41) is 17.6. The molecule has 0 fully saturated rings. The van der Waals surface area contributed by atoms with E-state index in [0.29, 0.717) is 12.2 Å². The highest BCUT2D eigenvalue weighted by Crippen LogP contribution is 2.22. The maximum atomic E-state index is 11.7. The van der Waals surface area contributed by atoms with Crippen molar-refractivity contribution in [1.29, 1.82) is 0 Å². The van der Waals surface area contributed by atoms with E-state index < -0.39 is 29.1 Å². The molecule has 1 aromatic heterocycles. The monoisotopic (exact) mass is 224 g/mol. The Balaban J connectivity index is 2.65. The predicted octanol–water partition coefficient (Wildman–Crippen LogP) is -0.487. The number of carbonyl (C=O) groups is 2. The summed E-state index contributed by atoms with van der Waals surface area (Å²) >= 11 is 0. The van der Waals surface area contributed by atoms with Gasteiger partial charge in [-0.25, -0.2) is 14.6 Å². The molecule has 0 saturated heterocycles. The molecule has 0 radical (unpaired) electrons. The Morgan fingerprint density at radius 1 is 1.44 bits per heavy atom. The summed E-state index contributed by atoms with van der Waals surface area (Å²) in [7, 11) is 0. The summed E-state index contributed by atoms with van der Waals surface area (Å²) < 4.78 is 0.950. The van der Waals surface area contributed by atoms with Gasteiger partial charge in [-0.3, -0.25) is 9.36 Å². The lowest BCUT2D eigenvalue weighted by atomic mass is 10.2. The lowest BCUT2D eigenvalue weighted by Crippen LogP contribution is -2.32. The van der Waals surface area contributed by atoms with E-state index in [1.54, 1.807) is 0 Å². The van der Waals surface area contributed by atoms with E-state index in [4.69, 9.17) is 10.2 Å². The number of aromatic nitrogens is 2. The number of aromatic carboxylic acids is 1. The van der Waals surface area contributed by atoms with E-state index in [-0.39, 0.29) is 6.42 Å². The minimum atomic E-state index is -1.40. The van der Waals surface area contributed by atoms with E-state index in [2.05, 4.69) is 4.98 Å². The van der Waals surface area contributed by atoms with Crippen LogP contribution in [-0.2, 0) is 11.2 Å². The molecule has 7 heteroatoms. The third-order valence-corrected chi connectivity index (χ3v) is 2.54. The van der Waals surface area contributed by atoms with Gasteiger partial charge in [0.25, 0.3) is 5.56 Å². The van der Waals surface area contributed by atoms with Gasteiger partial charge in [-0.2, -0.15) is 0 Å². The van der Waals surface area contributed by atoms with Gasteiger partial charge in [0, 0.05) is 12.6 Å². The van der Waals surface area contributed by atoms with Gasteiger partial charge in [-0.15, -0.1) is 0 Å². The molecule has 1 unspecified atom stereocenters. The maximum absolute atomic E-state index is 11.7. The molecular weight excluding hydrogens is 216 g/mol. The lowest BCUT2D eigenvalue weighted by Gasteiger charge is -2.09. The minimum absolute atomic E-state index is 0.265. The van der Waals surface area contributed by atoms with Gasteiger partial charge < -0.3 is 10.2 Å². The molecule has 1 aliphatic heterocycles. The fraction of sp³-hybridized carbons (Fsp3) is 0.333. The van der Waals surface area contributed by atoms with Crippen LogP contribution < -0.4 is 5.56 Å². The number of hydrogen-bond donors (Lipinski definition) is 2. The van der Waals surface area contributed by atoms with E-state index >= 15 is 0 Å². The number of nitrogens with zero attached hydrogens (tertiary/aromatic N) is 2. The lowest BCUT2D eigenvalue weighted by molar-refractivity contribution is -0.140. The van der Waals surface area contributed by atoms with Crippen molar-refractivity contribution in [2.24, 2.45) is 0 Å². The number of hydrogen-bond acceptors (Lipinski definition) is 4. The van der Waals surface area contributed by atoms with Gasteiger partial charge in [0.2, 0.25) is 0 Å². The van der Waals surface area contributed by atoms with Crippen LogP contribution in [0.3, 0.4) is 0 Å². The molecule has 0 amide bonds. The highest BCUT2D eigenvalue weighted by molar-refractivity contribution is 5.86. The van der Waals surface area contributed by atoms with Crippen molar-refractivity contribution in [3.05, 3.63) is 27.9 Å². The molecule has 0 bridgehead atoms. The third kappa shape index (κ3) is 1.37. The second kappa shape index (κ2) is 3.44. The average Bonchev–Trinajstić information content (AvgIpc) is 2.61. The van der Waals surface area contributed by atoms with Crippen LogP contribution >= 0.6 is 0 Å². The summed E-state index contributed by atoms with van der Waals surface area (Å²) in [6, 6.07) is -1.01. The summed E-state index contributed by atoms with van der Waals surface area (Å²) in [4.78, 5) is 37.0. The largest absolute Gasteiger partial charge is 0.480 e. The van der Waals surface area contributed by atoms with Crippen LogP contribution in [0.25, 0.3) is 0 Å². The Kier molecular flexibility index (Phi) is 2.22. The standard InChI is InChI=1S/C9H8N2O5/c12-7-4(8(13)14)3-10-6-2-1-5(9(15)16)11(6)7/h3,5H,1-2H2,(H,13,14)(H,15,16). The van der Waals surface area contributed by atoms with Crippen LogP contribution in [-0.4, -0.2) is 31.7 Å². The molecule has 1 aromatic rings. The third-order valence-electron chi connectivity index (χ3n) is 2.54. The molecule has 1 atom stereocenters. The first-order valence-electron chi connectivity index (χ1n) is 4.59. The Morgan fingerprint density at radius 3 is 2.69 bits per heavy atom. The van der Waals surface area contributed by atoms with Gasteiger partial charge >= 0.3 is 11.9 Å². The molecule has 0 saturated carbocycles. The highest BCUT2D eigenvalue weighted by Gasteiger charge is 2.31. The quantitative estimate of drug-likeness (QED) is 0.701. The first kappa shape index (κ1) is 10.3. The predicted molar refractivity (Wildman–Crippen MR) is 50.5 cm³/mol. The fourth-order valence-corrected chi connectivity index (χ4v) is 1.79. The van der Waals surface area contributed by atoms with Crippen LogP contribution in [0.4, 0.5) is 0 Å². The topological polar surface area (TPSA) is 109 Å². The number of fused-ring (bicyclic) bond motifs is 1. The molecule has 2 N–H and O–H groups in total. The molecule has 2 rings (SSSR count). The Hall–Kier alpha value is -2.18. The molecule has 1 aliphatic rings. The zero-order chi connectivity index (χ0) is 11.9. The average molecular weight is 224 g/mol. The maximum Gasteiger partial charge on any atom is 0.342 e. The smallest absolute Gasteiger partial charge is 0.342 e. The molecule has 0 spiro atoms. The van der Waals surface area contributed by atoms with Gasteiger partial charge in [-0.1, -0.05) is 0 Å². The first-order chi connectivity index (χ1) is 7.52. The van der Waals surface area contributed by atoms with Crippen LogP contribution in [0.2, 0.25) is 0 Å². The van der Waals surface area contributed by atoms with E-state index in [1.165, 1.54) is 0 Å². The van der Waals surface area contributed by atoms with Crippen molar-refractivity contribution < 1.29 is 19.8 Å². The highest BCUT2D eigenvalue weighted by atomic mass is 16.4. The molecule has 0 aromatic carbocycles. The molecular formula is C9H8N2O5.